The normalized spacial score (nSPS) is 19.0. The molecule has 1 aromatic carbocycles. The van der Waals surface area contributed by atoms with E-state index in [1.165, 1.54) is 0 Å². The van der Waals surface area contributed by atoms with Gasteiger partial charge in [0.05, 0.1) is 11.7 Å². The van der Waals surface area contributed by atoms with Gasteiger partial charge in [0.15, 0.2) is 0 Å². The molecule has 1 aromatic heterocycles. The van der Waals surface area contributed by atoms with E-state index in [0.717, 1.165) is 30.6 Å². The van der Waals surface area contributed by atoms with Gasteiger partial charge in [0.2, 0.25) is 0 Å². The van der Waals surface area contributed by atoms with Crippen LogP contribution in [0.2, 0.25) is 0 Å². The summed E-state index contributed by atoms with van der Waals surface area (Å²) in [6.07, 6.45) is 3.84. The summed E-state index contributed by atoms with van der Waals surface area (Å²) in [6, 6.07) is 11.3. The summed E-state index contributed by atoms with van der Waals surface area (Å²) in [7, 11) is 0. The van der Waals surface area contributed by atoms with Crippen LogP contribution in [0.25, 0.3) is 0 Å². The Bertz CT molecular complexity index is 903. The molecular weight excluding hydrogens is 380 g/mol. The Morgan fingerprint density at radius 3 is 2.60 bits per heavy atom. The predicted molar refractivity (Wildman–Crippen MR) is 115 cm³/mol. The number of ether oxygens (including phenoxy) is 1. The predicted octanol–water partition coefficient (Wildman–Crippen LogP) is 2.26. The first-order chi connectivity index (χ1) is 14.6. The fourth-order valence-corrected chi connectivity index (χ4v) is 4.04. The molecule has 1 N–H and O–H groups in total. The standard InChI is InChI=1S/C23H28N4O3/c1-17-6-2-3-8-19(17)23(29)27-13-11-26(12-14-27)21-20(9-4-10-24-21)22(28)25-16-18-7-5-15-30-18/h2-4,6,8-10,18H,5,7,11-16H2,1H3,(H,25,28)/t18-/m0/s1. The van der Waals surface area contributed by atoms with Crippen molar-refractivity contribution in [3.63, 3.8) is 0 Å². The van der Waals surface area contributed by atoms with Crippen molar-refractivity contribution in [2.45, 2.75) is 25.9 Å². The number of amides is 2. The maximum atomic E-state index is 12.9. The molecule has 2 fully saturated rings. The Balaban J connectivity index is 1.39. The number of carbonyl (C=O) groups is 2. The lowest BCUT2D eigenvalue weighted by Gasteiger charge is -2.36. The number of anilines is 1. The molecule has 3 heterocycles. The highest BCUT2D eigenvalue weighted by Gasteiger charge is 2.26. The Morgan fingerprint density at radius 1 is 1.10 bits per heavy atom. The van der Waals surface area contributed by atoms with Crippen molar-refractivity contribution >= 4 is 17.6 Å². The van der Waals surface area contributed by atoms with E-state index in [1.54, 1.807) is 18.3 Å². The monoisotopic (exact) mass is 408 g/mol. The van der Waals surface area contributed by atoms with Gasteiger partial charge in [0.25, 0.3) is 11.8 Å². The van der Waals surface area contributed by atoms with Gasteiger partial charge in [-0.1, -0.05) is 18.2 Å². The lowest BCUT2D eigenvalue weighted by molar-refractivity contribution is 0.0744. The Labute approximate surface area is 177 Å². The minimum absolute atomic E-state index is 0.0586. The molecule has 1 atom stereocenters. The van der Waals surface area contributed by atoms with Crippen molar-refractivity contribution in [3.05, 3.63) is 59.3 Å². The van der Waals surface area contributed by atoms with Crippen LogP contribution in [0.1, 0.15) is 39.1 Å². The number of nitrogens with zero attached hydrogens (tertiary/aromatic N) is 3. The second-order valence-corrected chi connectivity index (χ2v) is 7.81. The van der Waals surface area contributed by atoms with Crippen LogP contribution < -0.4 is 10.2 Å². The molecule has 2 aliphatic heterocycles. The second-order valence-electron chi connectivity index (χ2n) is 7.81. The van der Waals surface area contributed by atoms with Crippen LogP contribution in [-0.4, -0.2) is 67.1 Å². The van der Waals surface area contributed by atoms with Crippen LogP contribution in [-0.2, 0) is 4.74 Å². The number of pyridine rings is 1. The zero-order valence-corrected chi connectivity index (χ0v) is 17.3. The number of hydrogen-bond donors (Lipinski definition) is 1. The maximum Gasteiger partial charge on any atom is 0.255 e. The third-order valence-electron chi connectivity index (χ3n) is 5.79. The molecule has 2 saturated heterocycles. The van der Waals surface area contributed by atoms with Crippen molar-refractivity contribution in [1.29, 1.82) is 0 Å². The number of hydrogen-bond acceptors (Lipinski definition) is 5. The quantitative estimate of drug-likeness (QED) is 0.822. The Morgan fingerprint density at radius 2 is 1.87 bits per heavy atom. The van der Waals surface area contributed by atoms with Gasteiger partial charge in [-0.25, -0.2) is 4.98 Å². The minimum atomic E-state index is -0.132. The summed E-state index contributed by atoms with van der Waals surface area (Å²) in [5, 5.41) is 2.98. The molecule has 158 valence electrons. The second kappa shape index (κ2) is 9.26. The van der Waals surface area contributed by atoms with Crippen LogP contribution in [0.5, 0.6) is 0 Å². The van der Waals surface area contributed by atoms with E-state index in [1.807, 2.05) is 36.1 Å². The average Bonchev–Trinajstić information content (AvgIpc) is 3.31. The molecule has 30 heavy (non-hydrogen) atoms. The molecule has 0 radical (unpaired) electrons. The van der Waals surface area contributed by atoms with Crippen LogP contribution in [0.3, 0.4) is 0 Å². The minimum Gasteiger partial charge on any atom is -0.376 e. The van der Waals surface area contributed by atoms with Crippen molar-refractivity contribution in [3.8, 4) is 0 Å². The number of aromatic nitrogens is 1. The molecule has 0 aliphatic carbocycles. The molecule has 0 unspecified atom stereocenters. The summed E-state index contributed by atoms with van der Waals surface area (Å²) >= 11 is 0. The highest BCUT2D eigenvalue weighted by Crippen LogP contribution is 2.21. The van der Waals surface area contributed by atoms with E-state index < -0.39 is 0 Å². The van der Waals surface area contributed by atoms with Gasteiger partial charge in [0, 0.05) is 51.1 Å². The molecule has 7 nitrogen and oxygen atoms in total. The maximum absolute atomic E-state index is 12.9. The first-order valence-corrected chi connectivity index (χ1v) is 10.6. The van der Waals surface area contributed by atoms with Gasteiger partial charge < -0.3 is 19.9 Å². The van der Waals surface area contributed by atoms with Crippen molar-refractivity contribution in [1.82, 2.24) is 15.2 Å². The lowest BCUT2D eigenvalue weighted by atomic mass is 10.1. The fourth-order valence-electron chi connectivity index (χ4n) is 4.04. The SMILES string of the molecule is Cc1ccccc1C(=O)N1CCN(c2ncccc2C(=O)NC[C@@H]2CCCO2)CC1. The number of benzene rings is 1. The molecule has 2 amide bonds. The van der Waals surface area contributed by atoms with Gasteiger partial charge in [-0.15, -0.1) is 0 Å². The average molecular weight is 409 g/mol. The molecular formula is C23H28N4O3. The van der Waals surface area contributed by atoms with Gasteiger partial charge in [-0.05, 0) is 43.5 Å². The highest BCUT2D eigenvalue weighted by molar-refractivity contribution is 5.99. The van der Waals surface area contributed by atoms with Gasteiger partial charge in [-0.2, -0.15) is 0 Å². The van der Waals surface area contributed by atoms with Gasteiger partial charge >= 0.3 is 0 Å². The summed E-state index contributed by atoms with van der Waals surface area (Å²) in [5.74, 6) is 0.598. The first kappa shape index (κ1) is 20.3. The molecule has 2 aliphatic rings. The van der Waals surface area contributed by atoms with Crippen molar-refractivity contribution in [2.24, 2.45) is 0 Å². The number of carbonyl (C=O) groups excluding carboxylic acids is 2. The van der Waals surface area contributed by atoms with Crippen LogP contribution in [0.15, 0.2) is 42.6 Å². The summed E-state index contributed by atoms with van der Waals surface area (Å²) in [5.41, 5.74) is 2.30. The topological polar surface area (TPSA) is 74.8 Å². The number of aryl methyl sites for hydroxylation is 1. The summed E-state index contributed by atoms with van der Waals surface area (Å²) in [4.78, 5) is 34.1. The zero-order valence-electron chi connectivity index (χ0n) is 17.3. The molecule has 0 bridgehead atoms. The third kappa shape index (κ3) is 4.46. The number of nitrogens with one attached hydrogen (secondary N) is 1. The van der Waals surface area contributed by atoms with E-state index in [0.29, 0.717) is 44.1 Å². The van der Waals surface area contributed by atoms with Gasteiger partial charge in [-0.3, -0.25) is 9.59 Å². The van der Waals surface area contributed by atoms with E-state index in [9.17, 15) is 9.59 Å². The molecule has 2 aromatic rings. The zero-order chi connectivity index (χ0) is 20.9. The fraction of sp³-hybridized carbons (Fsp3) is 0.435. The van der Waals surface area contributed by atoms with Crippen LogP contribution >= 0.6 is 0 Å². The first-order valence-electron chi connectivity index (χ1n) is 10.6. The Kier molecular flexibility index (Phi) is 6.28. The van der Waals surface area contributed by atoms with E-state index in [-0.39, 0.29) is 17.9 Å². The lowest BCUT2D eigenvalue weighted by Crippen LogP contribution is -2.49. The van der Waals surface area contributed by atoms with Gasteiger partial charge in [0.1, 0.15) is 5.82 Å². The summed E-state index contributed by atoms with van der Waals surface area (Å²) < 4.78 is 5.59. The van der Waals surface area contributed by atoms with E-state index in [4.69, 9.17) is 4.74 Å². The third-order valence-corrected chi connectivity index (χ3v) is 5.79. The van der Waals surface area contributed by atoms with Crippen molar-refractivity contribution in [2.75, 3.05) is 44.2 Å². The molecule has 0 spiro atoms. The van der Waals surface area contributed by atoms with E-state index in [2.05, 4.69) is 15.2 Å². The largest absolute Gasteiger partial charge is 0.376 e. The Hall–Kier alpha value is -2.93. The van der Waals surface area contributed by atoms with Crippen LogP contribution in [0.4, 0.5) is 5.82 Å². The van der Waals surface area contributed by atoms with Crippen LogP contribution in [0, 0.1) is 6.92 Å². The molecule has 7 heteroatoms. The molecule has 0 saturated carbocycles. The molecule has 4 rings (SSSR count). The summed E-state index contributed by atoms with van der Waals surface area (Å²) in [6.45, 7) is 5.72. The smallest absolute Gasteiger partial charge is 0.255 e. The number of piperazine rings is 1. The van der Waals surface area contributed by atoms with E-state index >= 15 is 0 Å². The highest BCUT2D eigenvalue weighted by atomic mass is 16.5. The van der Waals surface area contributed by atoms with Crippen molar-refractivity contribution < 1.29 is 14.3 Å². The number of rotatable bonds is 5.